The average molecular weight is 461 g/mol. The molecule has 0 bridgehead atoms. The summed E-state index contributed by atoms with van der Waals surface area (Å²) in [5.74, 6) is -1.73. The molecule has 1 spiro atoms. The molecule has 0 radical (unpaired) electrons. The van der Waals surface area contributed by atoms with E-state index in [4.69, 9.17) is 14.6 Å². The molecule has 1 atom stereocenters. The van der Waals surface area contributed by atoms with Gasteiger partial charge in [-0.2, -0.15) is 13.2 Å². The van der Waals surface area contributed by atoms with E-state index >= 15 is 0 Å². The maximum absolute atomic E-state index is 13.6. The van der Waals surface area contributed by atoms with Crippen molar-refractivity contribution < 1.29 is 32.2 Å². The Hall–Kier alpha value is -1.87. The van der Waals surface area contributed by atoms with Crippen molar-refractivity contribution in [2.75, 3.05) is 26.2 Å². The van der Waals surface area contributed by atoms with E-state index in [2.05, 4.69) is 10.2 Å². The monoisotopic (exact) mass is 460 g/mol. The van der Waals surface area contributed by atoms with Gasteiger partial charge in [-0.1, -0.05) is 6.07 Å². The van der Waals surface area contributed by atoms with Crippen LogP contribution in [-0.2, 0) is 4.79 Å². The molecule has 4 rings (SSSR count). The largest absolute Gasteiger partial charge is 0.491 e. The molecule has 0 amide bonds. The summed E-state index contributed by atoms with van der Waals surface area (Å²) in [7, 11) is 0. The van der Waals surface area contributed by atoms with Crippen LogP contribution < -0.4 is 10.1 Å². The number of benzene rings is 1. The Bertz CT molecular complexity index is 788. The van der Waals surface area contributed by atoms with E-state index in [0.29, 0.717) is 11.3 Å². The molecule has 0 unspecified atom stereocenters. The van der Waals surface area contributed by atoms with Crippen LogP contribution in [0.25, 0.3) is 0 Å². The van der Waals surface area contributed by atoms with E-state index in [-0.39, 0.29) is 11.9 Å². The Kier molecular flexibility index (Phi) is 7.70. The molecule has 32 heavy (non-hydrogen) atoms. The van der Waals surface area contributed by atoms with Gasteiger partial charge in [0.2, 0.25) is 0 Å². The molecule has 1 saturated carbocycles. The van der Waals surface area contributed by atoms with Gasteiger partial charge in [-0.05, 0) is 82.0 Å². The number of aliphatic carboxylic acids is 1. The maximum Gasteiger partial charge on any atom is 0.490 e. The Morgan fingerprint density at radius 3 is 2.31 bits per heavy atom. The number of alkyl halides is 3. The van der Waals surface area contributed by atoms with E-state index < -0.39 is 12.1 Å². The number of carbonyl (C=O) groups is 1. The summed E-state index contributed by atoms with van der Waals surface area (Å²) in [6.45, 7) is 8.79. The third-order valence-electron chi connectivity index (χ3n) is 6.74. The number of likely N-dealkylation sites (tertiary alicyclic amines) is 1. The normalized spacial score (nSPS) is 23.5. The van der Waals surface area contributed by atoms with E-state index in [9.17, 15) is 17.6 Å². The van der Waals surface area contributed by atoms with Crippen LogP contribution in [0.1, 0.15) is 57.4 Å². The predicted octanol–water partition coefficient (Wildman–Crippen LogP) is 4.57. The average Bonchev–Trinajstić information content (AvgIpc) is 3.14. The summed E-state index contributed by atoms with van der Waals surface area (Å²) < 4.78 is 51.3. The summed E-state index contributed by atoms with van der Waals surface area (Å²) in [6.07, 6.45) is 1.44. The molecule has 2 saturated heterocycles. The minimum atomic E-state index is -5.08. The Labute approximate surface area is 186 Å². The lowest BCUT2D eigenvalue weighted by atomic mass is 9.80. The Morgan fingerprint density at radius 1 is 1.22 bits per heavy atom. The molecule has 3 fully saturated rings. The topological polar surface area (TPSA) is 61.8 Å². The van der Waals surface area contributed by atoms with E-state index in [0.717, 1.165) is 37.7 Å². The van der Waals surface area contributed by atoms with Crippen molar-refractivity contribution in [3.8, 4) is 5.75 Å². The van der Waals surface area contributed by atoms with Gasteiger partial charge >= 0.3 is 12.1 Å². The second kappa shape index (κ2) is 9.95. The first-order valence-corrected chi connectivity index (χ1v) is 11.2. The first kappa shape index (κ1) is 24.8. The van der Waals surface area contributed by atoms with Crippen LogP contribution in [0.2, 0.25) is 0 Å². The van der Waals surface area contributed by atoms with Crippen molar-refractivity contribution in [1.29, 1.82) is 0 Å². The van der Waals surface area contributed by atoms with Crippen LogP contribution in [0, 0.1) is 11.2 Å². The fraction of sp³-hybridized carbons (Fsp3) is 0.696. The minimum Gasteiger partial charge on any atom is -0.491 e. The molecule has 9 heteroatoms. The van der Waals surface area contributed by atoms with E-state index in [1.165, 1.54) is 37.9 Å². The van der Waals surface area contributed by atoms with Crippen molar-refractivity contribution in [1.82, 2.24) is 10.2 Å². The number of nitrogens with one attached hydrogen (secondary N) is 1. The second-order valence-corrected chi connectivity index (χ2v) is 9.46. The second-order valence-electron chi connectivity index (χ2n) is 9.46. The highest BCUT2D eigenvalue weighted by Crippen LogP contribution is 2.44. The quantitative estimate of drug-likeness (QED) is 0.645. The van der Waals surface area contributed by atoms with Crippen molar-refractivity contribution in [3.05, 3.63) is 29.6 Å². The number of halogens is 4. The number of piperidine rings is 1. The van der Waals surface area contributed by atoms with Crippen LogP contribution >= 0.6 is 0 Å². The first-order chi connectivity index (χ1) is 15.0. The number of carboxylic acids is 1. The molecule has 2 aliphatic heterocycles. The third-order valence-corrected chi connectivity index (χ3v) is 6.74. The molecule has 5 nitrogen and oxygen atoms in total. The number of nitrogens with zero attached hydrogens (tertiary/aromatic N) is 1. The van der Waals surface area contributed by atoms with Gasteiger partial charge in [-0.15, -0.1) is 0 Å². The van der Waals surface area contributed by atoms with Gasteiger partial charge in [0, 0.05) is 25.2 Å². The molecule has 1 aromatic carbocycles. The lowest BCUT2D eigenvalue weighted by Gasteiger charge is -2.41. The summed E-state index contributed by atoms with van der Waals surface area (Å²) in [5.41, 5.74) is 1.82. The lowest BCUT2D eigenvalue weighted by molar-refractivity contribution is -0.192. The van der Waals surface area contributed by atoms with E-state index in [1.807, 2.05) is 19.9 Å². The van der Waals surface area contributed by atoms with Crippen LogP contribution in [0.5, 0.6) is 5.75 Å². The van der Waals surface area contributed by atoms with Crippen LogP contribution in [0.15, 0.2) is 18.2 Å². The molecular weight excluding hydrogens is 428 g/mol. The SMILES string of the molecule is CC(C)Oc1cc(F)ccc1C1CCN([C@@H]2CCC3(CNC3)C2)CC1.O=C(O)C(F)(F)F. The molecule has 3 aliphatic rings. The zero-order chi connectivity index (χ0) is 23.5. The summed E-state index contributed by atoms with van der Waals surface area (Å²) in [6, 6.07) is 5.87. The van der Waals surface area contributed by atoms with Gasteiger partial charge in [0.25, 0.3) is 0 Å². The number of hydrogen-bond donors (Lipinski definition) is 2. The minimum absolute atomic E-state index is 0.0754. The lowest BCUT2D eigenvalue weighted by Crippen LogP contribution is -2.52. The van der Waals surface area contributed by atoms with E-state index in [1.54, 1.807) is 12.1 Å². The molecule has 180 valence electrons. The number of rotatable bonds is 4. The highest BCUT2D eigenvalue weighted by molar-refractivity contribution is 5.73. The summed E-state index contributed by atoms with van der Waals surface area (Å²) in [4.78, 5) is 11.6. The van der Waals surface area contributed by atoms with Crippen molar-refractivity contribution in [2.45, 2.75) is 70.2 Å². The van der Waals surface area contributed by atoms with Crippen LogP contribution in [0.4, 0.5) is 17.6 Å². The Morgan fingerprint density at radius 2 is 1.84 bits per heavy atom. The number of hydrogen-bond acceptors (Lipinski definition) is 4. The zero-order valence-corrected chi connectivity index (χ0v) is 18.6. The van der Waals surface area contributed by atoms with Crippen LogP contribution in [0.3, 0.4) is 0 Å². The Balaban J connectivity index is 0.000000360. The van der Waals surface area contributed by atoms with Crippen molar-refractivity contribution in [2.24, 2.45) is 5.41 Å². The summed E-state index contributed by atoms with van der Waals surface area (Å²) >= 11 is 0. The molecule has 1 aromatic rings. The van der Waals surface area contributed by atoms with Gasteiger partial charge in [0.15, 0.2) is 0 Å². The van der Waals surface area contributed by atoms with Gasteiger partial charge in [-0.3, -0.25) is 0 Å². The van der Waals surface area contributed by atoms with Crippen molar-refractivity contribution >= 4 is 5.97 Å². The van der Waals surface area contributed by atoms with Gasteiger partial charge in [0.05, 0.1) is 6.10 Å². The maximum atomic E-state index is 13.6. The molecule has 0 aromatic heterocycles. The molecular formula is C23H32F4N2O3. The number of carboxylic acid groups (broad SMARTS) is 1. The van der Waals surface area contributed by atoms with Gasteiger partial charge in [-0.25, -0.2) is 9.18 Å². The van der Waals surface area contributed by atoms with Crippen molar-refractivity contribution in [3.63, 3.8) is 0 Å². The fourth-order valence-corrected chi connectivity index (χ4v) is 5.07. The predicted molar refractivity (Wildman–Crippen MR) is 112 cm³/mol. The standard InChI is InChI=1S/C21H31FN2O.C2HF3O2/c1-15(2)25-20-11-17(22)3-4-19(20)16-6-9-24(10-7-16)18-5-8-21(12-18)13-23-14-21;3-2(4,5)1(6)7/h3-4,11,15-16,18,23H,5-10,12-14H2,1-2H3;(H,6,7)/t18-;/m1./s1. The van der Waals surface area contributed by atoms with Gasteiger partial charge in [0.1, 0.15) is 11.6 Å². The zero-order valence-electron chi connectivity index (χ0n) is 18.6. The molecule has 2 heterocycles. The third kappa shape index (κ3) is 6.13. The highest BCUT2D eigenvalue weighted by atomic mass is 19.4. The highest BCUT2D eigenvalue weighted by Gasteiger charge is 2.45. The smallest absolute Gasteiger partial charge is 0.490 e. The van der Waals surface area contributed by atoms with Crippen LogP contribution in [-0.4, -0.2) is 60.5 Å². The van der Waals surface area contributed by atoms with Gasteiger partial charge < -0.3 is 20.1 Å². The molecule has 2 N–H and O–H groups in total. The summed E-state index contributed by atoms with van der Waals surface area (Å²) in [5, 5.41) is 10.6. The molecule has 1 aliphatic carbocycles. The fourth-order valence-electron chi connectivity index (χ4n) is 5.07. The first-order valence-electron chi connectivity index (χ1n) is 11.2. The number of ether oxygens (including phenoxy) is 1.